The Kier molecular flexibility index (Phi) is 5.24. The fourth-order valence-corrected chi connectivity index (χ4v) is 2.28. The van der Waals surface area contributed by atoms with Crippen molar-refractivity contribution in [3.63, 3.8) is 0 Å². The van der Waals surface area contributed by atoms with E-state index in [2.05, 4.69) is 0 Å². The smallest absolute Gasteiger partial charge is 0.316 e. The van der Waals surface area contributed by atoms with E-state index in [0.717, 1.165) is 11.8 Å². The molecule has 0 fully saturated rings. The highest BCUT2D eigenvalue weighted by atomic mass is 35.5. The van der Waals surface area contributed by atoms with Gasteiger partial charge in [-0.15, -0.1) is 11.8 Å². The van der Waals surface area contributed by atoms with E-state index in [0.29, 0.717) is 4.90 Å². The van der Waals surface area contributed by atoms with Gasteiger partial charge in [-0.3, -0.25) is 14.9 Å². The van der Waals surface area contributed by atoms with Gasteiger partial charge in [0.05, 0.1) is 22.2 Å². The molecule has 0 heterocycles. The minimum absolute atomic E-state index is 0.0228. The van der Waals surface area contributed by atoms with Gasteiger partial charge in [-0.25, -0.2) is 0 Å². The minimum atomic E-state index is -0.560. The highest BCUT2D eigenvalue weighted by Crippen LogP contribution is 2.34. The van der Waals surface area contributed by atoms with Gasteiger partial charge in [-0.2, -0.15) is 0 Å². The molecule has 0 radical (unpaired) electrons. The van der Waals surface area contributed by atoms with Crippen LogP contribution in [0.15, 0.2) is 23.1 Å². The number of nitro benzene ring substituents is 1. The van der Waals surface area contributed by atoms with Crippen molar-refractivity contribution in [2.75, 3.05) is 12.4 Å². The number of ether oxygens (including phenoxy) is 1. The molecule has 0 saturated heterocycles. The van der Waals surface area contributed by atoms with Crippen molar-refractivity contribution in [1.82, 2.24) is 0 Å². The topological polar surface area (TPSA) is 69.4 Å². The molecule has 92 valence electrons. The number of rotatable bonds is 5. The Morgan fingerprint density at radius 3 is 2.88 bits per heavy atom. The molecule has 7 heteroatoms. The van der Waals surface area contributed by atoms with E-state index in [9.17, 15) is 14.9 Å². The third-order valence-electron chi connectivity index (χ3n) is 1.78. The molecule has 0 saturated carbocycles. The fourth-order valence-electron chi connectivity index (χ4n) is 1.13. The van der Waals surface area contributed by atoms with Crippen molar-refractivity contribution < 1.29 is 14.5 Å². The summed E-state index contributed by atoms with van der Waals surface area (Å²) >= 11 is 6.77. The number of esters is 1. The first-order valence-electron chi connectivity index (χ1n) is 4.77. The Hall–Kier alpha value is -1.27. The van der Waals surface area contributed by atoms with E-state index in [1.165, 1.54) is 6.07 Å². The summed E-state index contributed by atoms with van der Waals surface area (Å²) in [4.78, 5) is 21.7. The van der Waals surface area contributed by atoms with Crippen LogP contribution in [0.3, 0.4) is 0 Å². The van der Waals surface area contributed by atoms with Crippen molar-refractivity contribution in [2.24, 2.45) is 0 Å². The summed E-state index contributed by atoms with van der Waals surface area (Å²) in [7, 11) is 0. The second kappa shape index (κ2) is 6.46. The Bertz CT molecular complexity index is 438. The third kappa shape index (κ3) is 3.90. The van der Waals surface area contributed by atoms with Crippen molar-refractivity contribution in [3.8, 4) is 0 Å². The largest absolute Gasteiger partial charge is 0.465 e. The Labute approximate surface area is 107 Å². The number of carbonyl (C=O) groups is 1. The molecule has 0 aliphatic rings. The summed E-state index contributed by atoms with van der Waals surface area (Å²) in [5.41, 5.74) is -0.177. The summed E-state index contributed by atoms with van der Waals surface area (Å²) in [6.07, 6.45) is 0. The van der Waals surface area contributed by atoms with Gasteiger partial charge in [0.1, 0.15) is 5.02 Å². The molecule has 0 atom stereocenters. The molecule has 0 spiro atoms. The Morgan fingerprint density at radius 1 is 1.59 bits per heavy atom. The maximum absolute atomic E-state index is 11.1. The van der Waals surface area contributed by atoms with E-state index < -0.39 is 10.9 Å². The molecule has 1 aromatic carbocycles. The zero-order chi connectivity index (χ0) is 12.8. The number of carbonyl (C=O) groups excluding carboxylic acids is 1. The maximum Gasteiger partial charge on any atom is 0.316 e. The van der Waals surface area contributed by atoms with E-state index in [-0.39, 0.29) is 23.1 Å². The molecule has 1 aromatic rings. The quantitative estimate of drug-likeness (QED) is 0.358. The molecule has 0 N–H and O–H groups in total. The van der Waals surface area contributed by atoms with Gasteiger partial charge in [0.15, 0.2) is 0 Å². The lowest BCUT2D eigenvalue weighted by Gasteiger charge is -2.04. The lowest BCUT2D eigenvalue weighted by Crippen LogP contribution is -2.06. The molecule has 17 heavy (non-hydrogen) atoms. The SMILES string of the molecule is CCOC(=O)CSc1cccc(Cl)c1[N+](=O)[O-]. The highest BCUT2D eigenvalue weighted by molar-refractivity contribution is 8.00. The van der Waals surface area contributed by atoms with Crippen molar-refractivity contribution in [1.29, 1.82) is 0 Å². The number of hydrogen-bond acceptors (Lipinski definition) is 5. The molecule has 0 aliphatic heterocycles. The maximum atomic E-state index is 11.1. The Morgan fingerprint density at radius 2 is 2.29 bits per heavy atom. The summed E-state index contributed by atoms with van der Waals surface area (Å²) < 4.78 is 4.73. The first-order valence-corrected chi connectivity index (χ1v) is 6.14. The van der Waals surface area contributed by atoms with Crippen LogP contribution in [0.5, 0.6) is 0 Å². The van der Waals surface area contributed by atoms with Crippen LogP contribution in [0, 0.1) is 10.1 Å². The number of halogens is 1. The molecule has 0 unspecified atom stereocenters. The number of thioether (sulfide) groups is 1. The van der Waals surface area contributed by atoms with Crippen LogP contribution in [0.1, 0.15) is 6.92 Å². The summed E-state index contributed by atoms with van der Waals surface area (Å²) in [6.45, 7) is 1.99. The number of nitrogens with zero attached hydrogens (tertiary/aromatic N) is 1. The second-order valence-corrected chi connectivity index (χ2v) is 4.36. The number of hydrogen-bond donors (Lipinski definition) is 0. The van der Waals surface area contributed by atoms with E-state index in [1.54, 1.807) is 19.1 Å². The van der Waals surface area contributed by atoms with E-state index in [1.807, 2.05) is 0 Å². The first kappa shape index (κ1) is 13.8. The van der Waals surface area contributed by atoms with Crippen molar-refractivity contribution >= 4 is 35.0 Å². The van der Waals surface area contributed by atoms with Crippen LogP contribution < -0.4 is 0 Å². The monoisotopic (exact) mass is 275 g/mol. The predicted octanol–water partition coefficient (Wildman–Crippen LogP) is 2.90. The zero-order valence-corrected chi connectivity index (χ0v) is 10.6. The van der Waals surface area contributed by atoms with Crippen molar-refractivity contribution in [3.05, 3.63) is 33.3 Å². The summed E-state index contributed by atoms with van der Waals surface area (Å²) in [5.74, 6) is -0.388. The molecule has 0 amide bonds. The van der Waals surface area contributed by atoms with Crippen molar-refractivity contribution in [2.45, 2.75) is 11.8 Å². The summed E-state index contributed by atoms with van der Waals surface area (Å²) in [6, 6.07) is 4.59. The fraction of sp³-hybridized carbons (Fsp3) is 0.300. The highest BCUT2D eigenvalue weighted by Gasteiger charge is 2.19. The molecular weight excluding hydrogens is 266 g/mol. The zero-order valence-electron chi connectivity index (χ0n) is 9.01. The van der Waals surface area contributed by atoms with Crippen LogP contribution >= 0.6 is 23.4 Å². The van der Waals surface area contributed by atoms with Crippen LogP contribution in [0.25, 0.3) is 0 Å². The van der Waals surface area contributed by atoms with Gasteiger partial charge < -0.3 is 4.74 Å². The molecule has 0 aromatic heterocycles. The van der Waals surface area contributed by atoms with Gasteiger partial charge in [0.25, 0.3) is 0 Å². The van der Waals surface area contributed by atoms with Crippen LogP contribution in [0.2, 0.25) is 5.02 Å². The van der Waals surface area contributed by atoms with Gasteiger partial charge in [0, 0.05) is 0 Å². The normalized spacial score (nSPS) is 10.0. The van der Waals surface area contributed by atoms with E-state index in [4.69, 9.17) is 16.3 Å². The number of benzene rings is 1. The number of para-hydroxylation sites is 1. The Balaban J connectivity index is 2.81. The van der Waals surface area contributed by atoms with Gasteiger partial charge in [-0.05, 0) is 19.1 Å². The predicted molar refractivity (Wildman–Crippen MR) is 65.5 cm³/mol. The number of nitro groups is 1. The minimum Gasteiger partial charge on any atom is -0.465 e. The average Bonchev–Trinajstić information content (AvgIpc) is 2.26. The second-order valence-electron chi connectivity index (χ2n) is 2.94. The average molecular weight is 276 g/mol. The first-order chi connectivity index (χ1) is 8.06. The molecule has 5 nitrogen and oxygen atoms in total. The van der Waals surface area contributed by atoms with Gasteiger partial charge in [0.2, 0.25) is 0 Å². The van der Waals surface area contributed by atoms with Gasteiger partial charge >= 0.3 is 11.7 Å². The lowest BCUT2D eigenvalue weighted by atomic mass is 10.3. The standard InChI is InChI=1S/C10H10ClNO4S/c1-2-16-9(13)6-17-8-5-3-4-7(11)10(8)12(14)15/h3-5H,2,6H2,1H3. The molecular formula is C10H10ClNO4S. The van der Waals surface area contributed by atoms with Crippen LogP contribution in [-0.2, 0) is 9.53 Å². The molecule has 1 rings (SSSR count). The van der Waals surface area contributed by atoms with Gasteiger partial charge in [-0.1, -0.05) is 17.7 Å². The third-order valence-corrected chi connectivity index (χ3v) is 3.11. The van der Waals surface area contributed by atoms with Crippen LogP contribution in [0.4, 0.5) is 5.69 Å². The lowest BCUT2D eigenvalue weighted by molar-refractivity contribution is -0.387. The molecule has 0 aliphatic carbocycles. The summed E-state index contributed by atoms with van der Waals surface area (Å²) in [5, 5.41) is 10.9. The van der Waals surface area contributed by atoms with E-state index >= 15 is 0 Å². The van der Waals surface area contributed by atoms with Crippen LogP contribution in [-0.4, -0.2) is 23.3 Å². The molecule has 0 bridgehead atoms.